The maximum Gasteiger partial charge on any atom is 0.113 e. The van der Waals surface area contributed by atoms with Crippen LogP contribution < -0.4 is 5.32 Å². The second-order valence-electron chi connectivity index (χ2n) is 8.12. The zero-order chi connectivity index (χ0) is 19.4. The molecule has 1 aliphatic heterocycles. The van der Waals surface area contributed by atoms with Crippen molar-refractivity contribution < 1.29 is 0 Å². The average Bonchev–Trinajstić information content (AvgIpc) is 3.41. The SMILES string of the molecule is Cc1ccc(C2Nc3c(cccc3-n3nnc4ccccc43)C3C=CCC32)cc1. The largest absolute Gasteiger partial charge is 0.376 e. The van der Waals surface area contributed by atoms with Gasteiger partial charge in [-0.15, -0.1) is 5.10 Å². The normalized spacial score (nSPS) is 22.3. The summed E-state index contributed by atoms with van der Waals surface area (Å²) in [5, 5.41) is 12.7. The Bertz CT molecular complexity index is 1240. The first-order valence-corrected chi connectivity index (χ1v) is 10.2. The van der Waals surface area contributed by atoms with Crippen LogP contribution in [0.3, 0.4) is 0 Å². The summed E-state index contributed by atoms with van der Waals surface area (Å²) in [6.45, 7) is 2.14. The predicted octanol–water partition coefficient (Wildman–Crippen LogP) is 5.56. The van der Waals surface area contributed by atoms with Gasteiger partial charge in [-0.2, -0.15) is 0 Å². The molecule has 0 radical (unpaired) electrons. The third kappa shape index (κ3) is 2.52. The Balaban J connectivity index is 1.53. The zero-order valence-corrected chi connectivity index (χ0v) is 16.3. The summed E-state index contributed by atoms with van der Waals surface area (Å²) < 4.78 is 1.96. The second-order valence-corrected chi connectivity index (χ2v) is 8.12. The van der Waals surface area contributed by atoms with E-state index in [4.69, 9.17) is 0 Å². The lowest BCUT2D eigenvalue weighted by Gasteiger charge is -2.38. The third-order valence-corrected chi connectivity index (χ3v) is 6.39. The van der Waals surface area contributed by atoms with E-state index in [-0.39, 0.29) is 6.04 Å². The summed E-state index contributed by atoms with van der Waals surface area (Å²) in [7, 11) is 0. The standard InChI is InChI=1S/C25H22N4/c1-16-12-14-17(15-13-16)24-19-7-4-6-18(19)20-8-5-11-23(25(20)26-24)29-22-10-3-2-9-21(22)27-28-29/h2-6,8-15,18-19,24,26H,7H2,1H3. The van der Waals surface area contributed by atoms with E-state index >= 15 is 0 Å². The summed E-state index contributed by atoms with van der Waals surface area (Å²) in [5.41, 5.74) is 8.16. The quantitative estimate of drug-likeness (QED) is 0.465. The molecular weight excluding hydrogens is 356 g/mol. The number of hydrogen-bond donors (Lipinski definition) is 1. The Hall–Kier alpha value is -3.40. The molecule has 3 unspecified atom stereocenters. The number of fused-ring (bicyclic) bond motifs is 4. The molecular formula is C25H22N4. The van der Waals surface area contributed by atoms with Gasteiger partial charge in [0, 0.05) is 5.92 Å². The highest BCUT2D eigenvalue weighted by atomic mass is 15.4. The van der Waals surface area contributed by atoms with E-state index in [1.54, 1.807) is 0 Å². The minimum absolute atomic E-state index is 0.277. The Morgan fingerprint density at radius 2 is 1.83 bits per heavy atom. The number of allylic oxidation sites excluding steroid dienone is 2. The molecule has 0 saturated heterocycles. The van der Waals surface area contributed by atoms with E-state index < -0.39 is 0 Å². The molecule has 4 aromatic rings. The topological polar surface area (TPSA) is 42.7 Å². The summed E-state index contributed by atoms with van der Waals surface area (Å²) in [4.78, 5) is 0. The molecule has 29 heavy (non-hydrogen) atoms. The van der Waals surface area contributed by atoms with Gasteiger partial charge in [-0.05, 0) is 48.6 Å². The van der Waals surface area contributed by atoms with Gasteiger partial charge >= 0.3 is 0 Å². The Morgan fingerprint density at radius 1 is 0.966 bits per heavy atom. The van der Waals surface area contributed by atoms with Crippen LogP contribution in [0.1, 0.15) is 35.1 Å². The van der Waals surface area contributed by atoms with E-state index in [1.165, 1.54) is 22.4 Å². The first-order chi connectivity index (χ1) is 14.3. The zero-order valence-electron chi connectivity index (χ0n) is 16.3. The third-order valence-electron chi connectivity index (χ3n) is 6.39. The summed E-state index contributed by atoms with van der Waals surface area (Å²) in [6, 6.07) is 23.9. The predicted molar refractivity (Wildman–Crippen MR) is 116 cm³/mol. The minimum Gasteiger partial charge on any atom is -0.376 e. The molecule has 3 atom stereocenters. The minimum atomic E-state index is 0.277. The monoisotopic (exact) mass is 378 g/mol. The van der Waals surface area contributed by atoms with Crippen molar-refractivity contribution in [2.75, 3.05) is 5.32 Å². The summed E-state index contributed by atoms with van der Waals surface area (Å²) in [6.07, 6.45) is 5.83. The van der Waals surface area contributed by atoms with Crippen LogP contribution in [0.25, 0.3) is 16.7 Å². The number of nitrogens with zero attached hydrogens (tertiary/aromatic N) is 3. The lowest BCUT2D eigenvalue weighted by atomic mass is 9.76. The van der Waals surface area contributed by atoms with Crippen LogP contribution in [0.4, 0.5) is 5.69 Å². The van der Waals surface area contributed by atoms with E-state index in [2.05, 4.69) is 83.2 Å². The maximum atomic E-state index is 4.48. The molecule has 3 aromatic carbocycles. The maximum absolute atomic E-state index is 4.48. The van der Waals surface area contributed by atoms with Crippen molar-refractivity contribution >= 4 is 16.7 Å². The van der Waals surface area contributed by atoms with E-state index in [1.807, 2.05) is 22.9 Å². The first kappa shape index (κ1) is 16.5. The number of aromatic nitrogens is 3. The highest BCUT2D eigenvalue weighted by Crippen LogP contribution is 2.51. The van der Waals surface area contributed by atoms with Crippen molar-refractivity contribution in [2.24, 2.45) is 5.92 Å². The molecule has 1 aliphatic carbocycles. The molecule has 0 spiro atoms. The van der Waals surface area contributed by atoms with Gasteiger partial charge in [0.25, 0.3) is 0 Å². The van der Waals surface area contributed by atoms with Crippen LogP contribution in [-0.2, 0) is 0 Å². The summed E-state index contributed by atoms with van der Waals surface area (Å²) in [5.74, 6) is 0.959. The first-order valence-electron chi connectivity index (χ1n) is 10.2. The van der Waals surface area contributed by atoms with Crippen LogP contribution in [-0.4, -0.2) is 15.0 Å². The summed E-state index contributed by atoms with van der Waals surface area (Å²) >= 11 is 0. The molecule has 2 heterocycles. The molecule has 4 nitrogen and oxygen atoms in total. The Morgan fingerprint density at radius 3 is 2.72 bits per heavy atom. The lowest BCUT2D eigenvalue weighted by molar-refractivity contribution is 0.425. The van der Waals surface area contributed by atoms with Gasteiger partial charge < -0.3 is 5.32 Å². The van der Waals surface area contributed by atoms with Crippen molar-refractivity contribution in [1.29, 1.82) is 0 Å². The molecule has 4 heteroatoms. The molecule has 0 amide bonds. The fourth-order valence-corrected chi connectivity index (χ4v) is 4.93. The van der Waals surface area contributed by atoms with Gasteiger partial charge in [0.05, 0.1) is 22.9 Å². The molecule has 142 valence electrons. The average molecular weight is 378 g/mol. The van der Waals surface area contributed by atoms with Gasteiger partial charge in [0.15, 0.2) is 0 Å². The lowest BCUT2D eigenvalue weighted by Crippen LogP contribution is -2.30. The molecule has 1 N–H and O–H groups in total. The molecule has 0 bridgehead atoms. The fraction of sp³-hybridized carbons (Fsp3) is 0.200. The number of anilines is 1. The van der Waals surface area contributed by atoms with Crippen molar-refractivity contribution in [2.45, 2.75) is 25.3 Å². The number of nitrogens with one attached hydrogen (secondary N) is 1. The number of benzene rings is 3. The van der Waals surface area contributed by atoms with Crippen LogP contribution >= 0.6 is 0 Å². The van der Waals surface area contributed by atoms with Gasteiger partial charge in [0.1, 0.15) is 5.52 Å². The van der Waals surface area contributed by atoms with Gasteiger partial charge in [-0.25, -0.2) is 4.68 Å². The number of rotatable bonds is 2. The highest BCUT2D eigenvalue weighted by Gasteiger charge is 2.39. The molecule has 0 saturated carbocycles. The smallest absolute Gasteiger partial charge is 0.113 e. The van der Waals surface area contributed by atoms with Crippen molar-refractivity contribution in [3.63, 3.8) is 0 Å². The second kappa shape index (κ2) is 6.31. The fourth-order valence-electron chi connectivity index (χ4n) is 4.93. The van der Waals surface area contributed by atoms with Crippen LogP contribution in [0, 0.1) is 12.8 Å². The van der Waals surface area contributed by atoms with Crippen LogP contribution in [0.2, 0.25) is 0 Å². The van der Waals surface area contributed by atoms with Crippen molar-refractivity contribution in [1.82, 2.24) is 15.0 Å². The Kier molecular flexibility index (Phi) is 3.60. The van der Waals surface area contributed by atoms with E-state index in [0.29, 0.717) is 11.8 Å². The van der Waals surface area contributed by atoms with Crippen LogP contribution in [0.15, 0.2) is 78.9 Å². The number of para-hydroxylation sites is 2. The Labute approximate surface area is 169 Å². The molecule has 2 aliphatic rings. The molecule has 6 rings (SSSR count). The van der Waals surface area contributed by atoms with Gasteiger partial charge in [0.2, 0.25) is 0 Å². The van der Waals surface area contributed by atoms with Gasteiger partial charge in [-0.1, -0.05) is 71.5 Å². The van der Waals surface area contributed by atoms with Crippen molar-refractivity contribution in [3.8, 4) is 5.69 Å². The number of aryl methyl sites for hydroxylation is 1. The molecule has 1 aromatic heterocycles. The van der Waals surface area contributed by atoms with E-state index in [9.17, 15) is 0 Å². The number of hydrogen-bond acceptors (Lipinski definition) is 3. The van der Waals surface area contributed by atoms with Gasteiger partial charge in [-0.3, -0.25) is 0 Å². The highest BCUT2D eigenvalue weighted by molar-refractivity contribution is 5.79. The van der Waals surface area contributed by atoms with E-state index in [0.717, 1.165) is 23.1 Å². The van der Waals surface area contributed by atoms with Crippen molar-refractivity contribution in [3.05, 3.63) is 95.6 Å². The van der Waals surface area contributed by atoms with Crippen LogP contribution in [0.5, 0.6) is 0 Å². The molecule has 0 fully saturated rings.